The Morgan fingerprint density at radius 3 is 0.732 bits per heavy atom. The van der Waals surface area contributed by atoms with Gasteiger partial charge in [0, 0.05) is 19.3 Å². The van der Waals surface area contributed by atoms with Gasteiger partial charge in [0.1, 0.15) is 13.2 Å². The molecule has 1 unspecified atom stereocenters. The number of carbonyl (C=O) groups excluding carboxylic acids is 3. The zero-order valence-electron chi connectivity index (χ0n) is 54.5. The Bertz CT molecular complexity index is 1550. The average molecular weight is 1140 g/mol. The minimum atomic E-state index is -0.806. The highest BCUT2D eigenvalue weighted by atomic mass is 16.6. The van der Waals surface area contributed by atoms with Gasteiger partial charge < -0.3 is 14.2 Å². The molecule has 6 nitrogen and oxygen atoms in total. The van der Waals surface area contributed by atoms with Gasteiger partial charge in [-0.3, -0.25) is 14.4 Å². The van der Waals surface area contributed by atoms with Crippen LogP contribution in [0.3, 0.4) is 0 Å². The van der Waals surface area contributed by atoms with Gasteiger partial charge in [-0.2, -0.15) is 0 Å². The topological polar surface area (TPSA) is 78.9 Å². The Balaban J connectivity index is 4.24. The van der Waals surface area contributed by atoms with Gasteiger partial charge in [-0.15, -0.1) is 0 Å². The molecule has 0 spiro atoms. The monoisotopic (exact) mass is 1140 g/mol. The molecule has 0 rings (SSSR count). The van der Waals surface area contributed by atoms with Crippen LogP contribution in [0, 0.1) is 0 Å². The molecule has 0 heterocycles. The summed E-state index contributed by atoms with van der Waals surface area (Å²) in [5.74, 6) is -0.939. The van der Waals surface area contributed by atoms with E-state index in [2.05, 4.69) is 106 Å². The Morgan fingerprint density at radius 2 is 0.476 bits per heavy atom. The summed E-state index contributed by atoms with van der Waals surface area (Å²) in [6.07, 6.45) is 93.5. The fourth-order valence-corrected chi connectivity index (χ4v) is 10.4. The molecule has 0 radical (unpaired) electrons. The number of rotatable bonds is 65. The lowest BCUT2D eigenvalue weighted by Gasteiger charge is -2.18. The van der Waals surface area contributed by atoms with Crippen molar-refractivity contribution >= 4 is 17.9 Å². The van der Waals surface area contributed by atoms with Crippen LogP contribution in [0.25, 0.3) is 0 Å². The number of hydrogen-bond donors (Lipinski definition) is 0. The van der Waals surface area contributed by atoms with Gasteiger partial charge in [0.05, 0.1) is 0 Å². The Hall–Kier alpha value is -3.41. The molecular weight excluding hydrogens is 1010 g/mol. The molecule has 0 saturated heterocycles. The summed E-state index contributed by atoms with van der Waals surface area (Å²) in [5.41, 5.74) is 0. The van der Waals surface area contributed by atoms with E-state index in [1.54, 1.807) is 0 Å². The second kappa shape index (κ2) is 70.1. The highest BCUT2D eigenvalue weighted by Crippen LogP contribution is 2.18. The predicted molar refractivity (Wildman–Crippen MR) is 358 cm³/mol. The zero-order chi connectivity index (χ0) is 59.2. The van der Waals surface area contributed by atoms with E-state index in [4.69, 9.17) is 14.2 Å². The Kier molecular flexibility index (Phi) is 67.2. The number of esters is 3. The first kappa shape index (κ1) is 78.6. The maximum atomic E-state index is 12.9. The first-order valence-electron chi connectivity index (χ1n) is 35.6. The largest absolute Gasteiger partial charge is 0.462 e. The van der Waals surface area contributed by atoms with E-state index in [0.717, 1.165) is 89.9 Å². The molecule has 0 bridgehead atoms. The molecule has 0 aromatic heterocycles. The molecule has 6 heteroatoms. The van der Waals surface area contributed by atoms with Gasteiger partial charge in [-0.1, -0.05) is 356 Å². The molecule has 0 saturated carbocycles. The lowest BCUT2D eigenvalue weighted by atomic mass is 10.0. The minimum absolute atomic E-state index is 0.0955. The van der Waals surface area contributed by atoms with Crippen molar-refractivity contribution in [2.45, 2.75) is 367 Å². The third-order valence-corrected chi connectivity index (χ3v) is 15.7. The Morgan fingerprint density at radius 1 is 0.256 bits per heavy atom. The quantitative estimate of drug-likeness (QED) is 0.0261. The van der Waals surface area contributed by atoms with Gasteiger partial charge in [0.15, 0.2) is 6.10 Å². The third-order valence-electron chi connectivity index (χ3n) is 15.7. The van der Waals surface area contributed by atoms with Crippen molar-refractivity contribution in [3.63, 3.8) is 0 Å². The van der Waals surface area contributed by atoms with E-state index in [9.17, 15) is 14.4 Å². The normalized spacial score (nSPS) is 12.6. The summed E-state index contributed by atoms with van der Waals surface area (Å²) < 4.78 is 16.9. The summed E-state index contributed by atoms with van der Waals surface area (Å²) in [6, 6.07) is 0. The van der Waals surface area contributed by atoms with E-state index in [1.165, 1.54) is 225 Å². The molecule has 0 aliphatic rings. The van der Waals surface area contributed by atoms with Crippen LogP contribution in [0.1, 0.15) is 361 Å². The van der Waals surface area contributed by atoms with Crippen LogP contribution >= 0.6 is 0 Å². The second-order valence-electron chi connectivity index (χ2n) is 23.8. The van der Waals surface area contributed by atoms with Gasteiger partial charge >= 0.3 is 17.9 Å². The van der Waals surface area contributed by atoms with Crippen LogP contribution in [-0.2, 0) is 28.6 Å². The first-order valence-corrected chi connectivity index (χ1v) is 35.6. The SMILES string of the molecule is CC/C=C\C/C=C\C/C=C\C/C=C\C/C=C\C/C=C\C/C=C\CCCC(=O)OC(COC(=O)CCCCCCCCCCCCC)COC(=O)CCCCCCCCCCCCCCCCCCCCCCCCCCCCCCCC. The van der Waals surface area contributed by atoms with Crippen LogP contribution in [0.5, 0.6) is 0 Å². The number of allylic oxidation sites excluding steroid dienone is 14. The molecule has 0 N–H and O–H groups in total. The molecule has 474 valence electrons. The molecule has 0 aliphatic heterocycles. The van der Waals surface area contributed by atoms with Crippen LogP contribution in [0.4, 0.5) is 0 Å². The van der Waals surface area contributed by atoms with Crippen molar-refractivity contribution in [3.8, 4) is 0 Å². The van der Waals surface area contributed by atoms with Crippen molar-refractivity contribution < 1.29 is 28.6 Å². The smallest absolute Gasteiger partial charge is 0.306 e. The van der Waals surface area contributed by atoms with Gasteiger partial charge in [-0.05, 0) is 70.6 Å². The average Bonchev–Trinajstić information content (AvgIpc) is 3.48. The molecule has 0 fully saturated rings. The number of carbonyl (C=O) groups is 3. The van der Waals surface area contributed by atoms with Crippen molar-refractivity contribution in [2.24, 2.45) is 0 Å². The van der Waals surface area contributed by atoms with Gasteiger partial charge in [-0.25, -0.2) is 0 Å². The summed E-state index contributed by atoms with van der Waals surface area (Å²) in [5, 5.41) is 0. The number of ether oxygens (including phenoxy) is 3. The summed E-state index contributed by atoms with van der Waals surface area (Å²) >= 11 is 0. The first-order chi connectivity index (χ1) is 40.5. The van der Waals surface area contributed by atoms with Crippen LogP contribution < -0.4 is 0 Å². The molecule has 0 aromatic carbocycles. The molecular formula is C76H134O6. The molecule has 82 heavy (non-hydrogen) atoms. The zero-order valence-corrected chi connectivity index (χ0v) is 54.5. The number of unbranched alkanes of at least 4 members (excludes halogenated alkanes) is 40. The van der Waals surface area contributed by atoms with E-state index < -0.39 is 6.10 Å². The third kappa shape index (κ3) is 67.4. The minimum Gasteiger partial charge on any atom is -0.462 e. The van der Waals surface area contributed by atoms with E-state index in [-0.39, 0.29) is 37.5 Å². The second-order valence-corrected chi connectivity index (χ2v) is 23.8. The molecule has 1 atom stereocenters. The molecule has 0 amide bonds. The highest BCUT2D eigenvalue weighted by molar-refractivity contribution is 5.71. The molecule has 0 aliphatic carbocycles. The van der Waals surface area contributed by atoms with Gasteiger partial charge in [0.25, 0.3) is 0 Å². The van der Waals surface area contributed by atoms with Crippen molar-refractivity contribution in [2.75, 3.05) is 13.2 Å². The maximum Gasteiger partial charge on any atom is 0.306 e. The van der Waals surface area contributed by atoms with Crippen molar-refractivity contribution in [1.82, 2.24) is 0 Å². The number of hydrogen-bond acceptors (Lipinski definition) is 6. The lowest BCUT2D eigenvalue weighted by molar-refractivity contribution is -0.167. The summed E-state index contributed by atoms with van der Waals surface area (Å²) in [4.78, 5) is 38.3. The van der Waals surface area contributed by atoms with Crippen LogP contribution in [0.2, 0.25) is 0 Å². The molecule has 0 aromatic rings. The fraction of sp³-hybridized carbons (Fsp3) is 0.776. The fourth-order valence-electron chi connectivity index (χ4n) is 10.4. The standard InChI is InChI=1S/C76H134O6/c1-4-7-10-13-16-19-22-24-26-28-30-32-34-35-36-37-38-39-40-42-43-45-47-49-51-54-57-60-63-66-69-75(78)81-72-73(71-80-74(77)68-65-62-59-56-53-21-18-15-12-9-6-3)82-76(79)70-67-64-61-58-55-52-50-48-46-44-41-33-31-29-27-25-23-20-17-14-11-8-5-2/h8,11,17,20,25,27,31,33,44,46,50,52,58,61,73H,4-7,9-10,12-16,18-19,21-24,26,28-30,32,34-43,45,47-49,51,53-57,59-60,62-72H2,1-3H3/b11-8-,20-17-,27-25-,33-31-,46-44-,52-50-,61-58-. The maximum absolute atomic E-state index is 12.9. The van der Waals surface area contributed by atoms with Crippen molar-refractivity contribution in [3.05, 3.63) is 85.1 Å². The van der Waals surface area contributed by atoms with E-state index in [0.29, 0.717) is 19.3 Å². The Labute approximate surface area is 509 Å². The van der Waals surface area contributed by atoms with Crippen LogP contribution in [-0.4, -0.2) is 37.2 Å². The van der Waals surface area contributed by atoms with Crippen molar-refractivity contribution in [1.29, 1.82) is 0 Å². The van der Waals surface area contributed by atoms with Gasteiger partial charge in [0.2, 0.25) is 0 Å². The predicted octanol–water partition coefficient (Wildman–Crippen LogP) is 24.6. The summed E-state index contributed by atoms with van der Waals surface area (Å²) in [7, 11) is 0. The van der Waals surface area contributed by atoms with E-state index >= 15 is 0 Å². The van der Waals surface area contributed by atoms with E-state index in [1.807, 2.05) is 0 Å². The highest BCUT2D eigenvalue weighted by Gasteiger charge is 2.19. The lowest BCUT2D eigenvalue weighted by Crippen LogP contribution is -2.30. The summed E-state index contributed by atoms with van der Waals surface area (Å²) in [6.45, 7) is 6.52. The van der Waals surface area contributed by atoms with Crippen LogP contribution in [0.15, 0.2) is 85.1 Å².